The topological polar surface area (TPSA) is 97.1 Å². The van der Waals surface area contributed by atoms with Crippen LogP contribution >= 0.6 is 0 Å². The van der Waals surface area contributed by atoms with Crippen LogP contribution < -0.4 is 4.74 Å². The lowest BCUT2D eigenvalue weighted by Gasteiger charge is -2.36. The highest BCUT2D eigenvalue weighted by Crippen LogP contribution is 2.31. The summed E-state index contributed by atoms with van der Waals surface area (Å²) in [7, 11) is 1.61. The molecule has 4 aromatic rings. The Hall–Kier alpha value is -3.94. The largest absolute Gasteiger partial charge is 0.496 e. The first-order chi connectivity index (χ1) is 14.7. The molecule has 8 heteroatoms. The fourth-order valence-electron chi connectivity index (χ4n) is 3.50. The minimum Gasteiger partial charge on any atom is -0.496 e. The smallest absolute Gasteiger partial charge is 0.271 e. The molecule has 150 valence electrons. The molecular formula is C22H19N5O3. The lowest BCUT2D eigenvalue weighted by Crippen LogP contribution is -2.48. The Morgan fingerprint density at radius 3 is 2.70 bits per heavy atom. The van der Waals surface area contributed by atoms with Crippen molar-refractivity contribution in [3.05, 3.63) is 72.2 Å². The molecule has 0 unspecified atom stereocenters. The number of nitrogens with one attached hydrogen (secondary N) is 1. The van der Waals surface area contributed by atoms with E-state index in [4.69, 9.17) is 9.26 Å². The van der Waals surface area contributed by atoms with Crippen molar-refractivity contribution in [1.29, 1.82) is 0 Å². The van der Waals surface area contributed by atoms with Crippen LogP contribution in [0.4, 0.5) is 0 Å². The molecule has 5 rings (SSSR count). The zero-order valence-corrected chi connectivity index (χ0v) is 16.3. The van der Waals surface area contributed by atoms with Crippen LogP contribution in [-0.2, 0) is 0 Å². The van der Waals surface area contributed by atoms with Gasteiger partial charge in [0.05, 0.1) is 18.7 Å². The van der Waals surface area contributed by atoms with Crippen molar-refractivity contribution in [2.24, 2.45) is 0 Å². The number of carbonyl (C=O) groups is 1. The van der Waals surface area contributed by atoms with Gasteiger partial charge in [-0.2, -0.15) is 10.1 Å². The molecule has 1 saturated heterocycles. The van der Waals surface area contributed by atoms with Crippen LogP contribution in [0.1, 0.15) is 22.3 Å². The Morgan fingerprint density at radius 1 is 1.13 bits per heavy atom. The second-order valence-corrected chi connectivity index (χ2v) is 7.10. The van der Waals surface area contributed by atoms with Crippen molar-refractivity contribution in [3.8, 4) is 28.4 Å². The molecular weight excluding hydrogens is 382 g/mol. The van der Waals surface area contributed by atoms with Gasteiger partial charge in [0.25, 0.3) is 5.91 Å². The van der Waals surface area contributed by atoms with Crippen molar-refractivity contribution in [1.82, 2.24) is 25.2 Å². The van der Waals surface area contributed by atoms with Crippen molar-refractivity contribution >= 4 is 5.91 Å². The Balaban J connectivity index is 1.26. The lowest BCUT2D eigenvalue weighted by atomic mass is 9.99. The maximum Gasteiger partial charge on any atom is 0.271 e. The number of aromatic nitrogens is 4. The van der Waals surface area contributed by atoms with Gasteiger partial charge in [-0.25, -0.2) is 0 Å². The fraction of sp³-hybridized carbons (Fsp3) is 0.182. The third-order valence-electron chi connectivity index (χ3n) is 5.18. The summed E-state index contributed by atoms with van der Waals surface area (Å²) in [5.74, 6) is 1.75. The first-order valence-electron chi connectivity index (χ1n) is 9.60. The number of ether oxygens (including phenoxy) is 1. The van der Waals surface area contributed by atoms with Crippen molar-refractivity contribution in [2.45, 2.75) is 5.92 Å². The normalized spacial score (nSPS) is 13.8. The SMILES string of the molecule is COc1ccccc1-c1cc(C(=O)N2CC(c3nc(-c4ccccc4)no3)C2)[nH]n1. The van der Waals surface area contributed by atoms with Gasteiger partial charge in [-0.3, -0.25) is 9.89 Å². The second-order valence-electron chi connectivity index (χ2n) is 7.10. The van der Waals surface area contributed by atoms with Crippen LogP contribution in [-0.4, -0.2) is 51.3 Å². The predicted molar refractivity (Wildman–Crippen MR) is 109 cm³/mol. The summed E-state index contributed by atoms with van der Waals surface area (Å²) >= 11 is 0. The highest BCUT2D eigenvalue weighted by atomic mass is 16.5. The van der Waals surface area contributed by atoms with Crippen molar-refractivity contribution < 1.29 is 14.1 Å². The number of likely N-dealkylation sites (tertiary alicyclic amines) is 1. The number of aromatic amines is 1. The summed E-state index contributed by atoms with van der Waals surface area (Å²) in [6, 6.07) is 19.0. The Kier molecular flexibility index (Phi) is 4.51. The van der Waals surface area contributed by atoms with Gasteiger partial charge >= 0.3 is 0 Å². The zero-order valence-electron chi connectivity index (χ0n) is 16.3. The second kappa shape index (κ2) is 7.47. The van der Waals surface area contributed by atoms with Crippen LogP contribution in [0.25, 0.3) is 22.6 Å². The predicted octanol–water partition coefficient (Wildman–Crippen LogP) is 3.37. The van der Waals surface area contributed by atoms with E-state index in [2.05, 4.69) is 20.3 Å². The van der Waals surface area contributed by atoms with Gasteiger partial charge < -0.3 is 14.2 Å². The number of amides is 1. The van der Waals surface area contributed by atoms with Crippen LogP contribution in [0.5, 0.6) is 5.75 Å². The van der Waals surface area contributed by atoms with E-state index >= 15 is 0 Å². The molecule has 1 fully saturated rings. The molecule has 3 heterocycles. The summed E-state index contributed by atoms with van der Waals surface area (Å²) in [6.07, 6.45) is 0. The first-order valence-corrected chi connectivity index (χ1v) is 9.60. The minimum absolute atomic E-state index is 0.0375. The average Bonchev–Trinajstić information content (AvgIpc) is 3.43. The van der Waals surface area contributed by atoms with E-state index in [0.29, 0.717) is 41.9 Å². The third-order valence-corrected chi connectivity index (χ3v) is 5.18. The number of hydrogen-bond acceptors (Lipinski definition) is 6. The van der Waals surface area contributed by atoms with Gasteiger partial charge in [-0.15, -0.1) is 0 Å². The summed E-state index contributed by atoms with van der Waals surface area (Å²) in [5, 5.41) is 11.2. The summed E-state index contributed by atoms with van der Waals surface area (Å²) < 4.78 is 10.8. The lowest BCUT2D eigenvalue weighted by molar-refractivity contribution is 0.0563. The van der Waals surface area contributed by atoms with Crippen molar-refractivity contribution in [2.75, 3.05) is 20.2 Å². The van der Waals surface area contributed by atoms with Gasteiger partial charge in [0.1, 0.15) is 11.4 Å². The zero-order chi connectivity index (χ0) is 20.5. The molecule has 0 aliphatic carbocycles. The number of hydrogen-bond donors (Lipinski definition) is 1. The number of carbonyl (C=O) groups excluding carboxylic acids is 1. The van der Waals surface area contributed by atoms with E-state index in [1.54, 1.807) is 18.1 Å². The highest BCUT2D eigenvalue weighted by Gasteiger charge is 2.36. The maximum atomic E-state index is 12.8. The monoisotopic (exact) mass is 401 g/mol. The Bertz CT molecular complexity index is 1180. The van der Waals surface area contributed by atoms with E-state index in [1.807, 2.05) is 54.6 Å². The summed E-state index contributed by atoms with van der Waals surface area (Å²) in [6.45, 7) is 1.05. The summed E-state index contributed by atoms with van der Waals surface area (Å²) in [4.78, 5) is 19.0. The number of nitrogens with zero attached hydrogens (tertiary/aromatic N) is 4. The van der Waals surface area contributed by atoms with Crippen LogP contribution in [0, 0.1) is 0 Å². The van der Waals surface area contributed by atoms with E-state index in [9.17, 15) is 4.79 Å². The van der Waals surface area contributed by atoms with Gasteiger partial charge in [0.15, 0.2) is 0 Å². The van der Waals surface area contributed by atoms with Gasteiger partial charge in [0.2, 0.25) is 11.7 Å². The molecule has 1 amide bonds. The van der Waals surface area contributed by atoms with Crippen LogP contribution in [0.15, 0.2) is 65.2 Å². The summed E-state index contributed by atoms with van der Waals surface area (Å²) in [5.41, 5.74) is 2.83. The van der Waals surface area contributed by atoms with Gasteiger partial charge in [0, 0.05) is 24.2 Å². The van der Waals surface area contributed by atoms with E-state index in [-0.39, 0.29) is 11.8 Å². The third kappa shape index (κ3) is 3.22. The number of para-hydroxylation sites is 1. The van der Waals surface area contributed by atoms with Crippen LogP contribution in [0.3, 0.4) is 0 Å². The number of methoxy groups -OCH3 is 1. The molecule has 1 N–H and O–H groups in total. The molecule has 0 radical (unpaired) electrons. The first kappa shape index (κ1) is 18.1. The fourth-order valence-corrected chi connectivity index (χ4v) is 3.50. The number of benzene rings is 2. The minimum atomic E-state index is -0.109. The number of H-pyrrole nitrogens is 1. The van der Waals surface area contributed by atoms with E-state index in [0.717, 1.165) is 11.1 Å². The Morgan fingerprint density at radius 2 is 1.90 bits per heavy atom. The molecule has 2 aromatic heterocycles. The molecule has 30 heavy (non-hydrogen) atoms. The molecule has 0 saturated carbocycles. The standard InChI is InChI=1S/C22H19N5O3/c1-29-19-10-6-5-9-16(19)17-11-18(25-24-17)22(28)27-12-15(13-27)21-23-20(26-30-21)14-7-3-2-4-8-14/h2-11,15H,12-13H2,1H3,(H,24,25). The van der Waals surface area contributed by atoms with Crippen LogP contribution in [0.2, 0.25) is 0 Å². The Labute approximate surface area is 172 Å². The average molecular weight is 401 g/mol. The quantitative estimate of drug-likeness (QED) is 0.551. The molecule has 0 bridgehead atoms. The molecule has 2 aromatic carbocycles. The van der Waals surface area contributed by atoms with Gasteiger partial charge in [-0.1, -0.05) is 47.6 Å². The maximum absolute atomic E-state index is 12.8. The van der Waals surface area contributed by atoms with E-state index in [1.165, 1.54) is 0 Å². The molecule has 1 aliphatic rings. The molecule has 1 aliphatic heterocycles. The number of rotatable bonds is 5. The highest BCUT2D eigenvalue weighted by molar-refractivity contribution is 5.94. The molecule has 0 spiro atoms. The molecule has 0 atom stereocenters. The van der Waals surface area contributed by atoms with Gasteiger partial charge in [-0.05, 0) is 18.2 Å². The van der Waals surface area contributed by atoms with Crippen molar-refractivity contribution in [3.63, 3.8) is 0 Å². The van der Waals surface area contributed by atoms with E-state index < -0.39 is 0 Å². The molecule has 8 nitrogen and oxygen atoms in total.